The summed E-state index contributed by atoms with van der Waals surface area (Å²) in [6, 6.07) is 0. The number of alkyl carbamates (subject to hydrolysis) is 1. The number of carbonyl (C=O) groups is 1. The highest BCUT2D eigenvalue weighted by molar-refractivity contribution is 5.69. The molecule has 1 saturated carbocycles. The molecule has 1 rings (SSSR count). The molecule has 0 bridgehead atoms. The van der Waals surface area contributed by atoms with Crippen molar-refractivity contribution in [2.45, 2.75) is 64.5 Å². The normalized spacial score (nSPS) is 29.2. The molecule has 17 heavy (non-hydrogen) atoms. The maximum atomic E-state index is 11.7. The second kappa shape index (κ2) is 5.00. The zero-order valence-electron chi connectivity index (χ0n) is 11.3. The molecule has 1 fully saturated rings. The highest BCUT2D eigenvalue weighted by atomic mass is 16.6. The topological polar surface area (TPSA) is 38.3 Å². The summed E-state index contributed by atoms with van der Waals surface area (Å²) in [5.41, 5.74) is -0.989. The molecule has 1 N–H and O–H groups in total. The summed E-state index contributed by atoms with van der Waals surface area (Å²) in [7, 11) is 0. The predicted molar refractivity (Wildman–Crippen MR) is 68.6 cm³/mol. The molecule has 3 heteroatoms. The van der Waals surface area contributed by atoms with Gasteiger partial charge in [-0.25, -0.2) is 4.79 Å². The van der Waals surface area contributed by atoms with E-state index >= 15 is 0 Å². The predicted octanol–water partition coefficient (Wildman–Crippen LogP) is 3.09. The molecular formula is C14H23NO2. The number of hydrogen-bond acceptors (Lipinski definition) is 2. The van der Waals surface area contributed by atoms with E-state index in [0.717, 1.165) is 25.7 Å². The Balaban J connectivity index is 2.59. The van der Waals surface area contributed by atoms with Gasteiger partial charge in [-0.3, -0.25) is 0 Å². The fraction of sp³-hybridized carbons (Fsp3) is 0.786. The average Bonchev–Trinajstić information content (AvgIpc) is 2.19. The van der Waals surface area contributed by atoms with E-state index in [1.807, 2.05) is 20.8 Å². The lowest BCUT2D eigenvalue weighted by molar-refractivity contribution is 0.0455. The van der Waals surface area contributed by atoms with Crippen molar-refractivity contribution in [3.8, 4) is 12.3 Å². The Morgan fingerprint density at radius 1 is 1.41 bits per heavy atom. The van der Waals surface area contributed by atoms with E-state index < -0.39 is 17.2 Å². The first-order valence-electron chi connectivity index (χ1n) is 6.25. The maximum absolute atomic E-state index is 11.7. The first-order chi connectivity index (χ1) is 7.76. The van der Waals surface area contributed by atoms with E-state index in [1.165, 1.54) is 0 Å². The number of terminal acetylenes is 1. The van der Waals surface area contributed by atoms with Crippen LogP contribution in [0.4, 0.5) is 4.79 Å². The van der Waals surface area contributed by atoms with Crippen molar-refractivity contribution in [2.75, 3.05) is 0 Å². The average molecular weight is 237 g/mol. The maximum Gasteiger partial charge on any atom is 0.408 e. The molecule has 0 saturated heterocycles. The van der Waals surface area contributed by atoms with Gasteiger partial charge in [-0.2, -0.15) is 0 Å². The van der Waals surface area contributed by atoms with Crippen LogP contribution in [0.25, 0.3) is 0 Å². The third-order valence-electron chi connectivity index (χ3n) is 3.14. The van der Waals surface area contributed by atoms with E-state index in [-0.39, 0.29) is 0 Å². The van der Waals surface area contributed by atoms with Crippen LogP contribution in [0.15, 0.2) is 0 Å². The highest BCUT2D eigenvalue weighted by Crippen LogP contribution is 2.31. The second-order valence-corrected chi connectivity index (χ2v) is 6.04. The molecule has 0 heterocycles. The van der Waals surface area contributed by atoms with Crippen LogP contribution >= 0.6 is 0 Å². The van der Waals surface area contributed by atoms with E-state index in [2.05, 4.69) is 18.2 Å². The lowest BCUT2D eigenvalue weighted by Crippen LogP contribution is -2.50. The molecule has 1 amide bonds. The van der Waals surface area contributed by atoms with Gasteiger partial charge in [-0.15, -0.1) is 6.42 Å². The van der Waals surface area contributed by atoms with Crippen LogP contribution in [0.2, 0.25) is 0 Å². The molecule has 96 valence electrons. The zero-order valence-corrected chi connectivity index (χ0v) is 11.3. The minimum absolute atomic E-state index is 0.412. The summed E-state index contributed by atoms with van der Waals surface area (Å²) in [5.74, 6) is 3.43. The Hall–Kier alpha value is -1.17. The van der Waals surface area contributed by atoms with Crippen LogP contribution in [-0.2, 0) is 4.74 Å². The molecule has 0 aromatic carbocycles. The van der Waals surface area contributed by atoms with Crippen molar-refractivity contribution in [3.63, 3.8) is 0 Å². The molecule has 0 spiro atoms. The minimum Gasteiger partial charge on any atom is -0.444 e. The largest absolute Gasteiger partial charge is 0.444 e. The fourth-order valence-electron chi connectivity index (χ4n) is 2.06. The molecule has 0 atom stereocenters. The van der Waals surface area contributed by atoms with Gasteiger partial charge in [-0.1, -0.05) is 12.8 Å². The van der Waals surface area contributed by atoms with Crippen LogP contribution in [-0.4, -0.2) is 17.2 Å². The van der Waals surface area contributed by atoms with Crippen molar-refractivity contribution in [1.29, 1.82) is 0 Å². The van der Waals surface area contributed by atoms with Gasteiger partial charge in [-0.05, 0) is 52.4 Å². The first kappa shape index (κ1) is 13.9. The Kier molecular flexibility index (Phi) is 4.08. The number of ether oxygens (including phenoxy) is 1. The third kappa shape index (κ3) is 4.30. The summed E-state index contributed by atoms with van der Waals surface area (Å²) in [4.78, 5) is 11.7. The summed E-state index contributed by atoms with van der Waals surface area (Å²) in [6.45, 7) is 7.75. The molecule has 3 nitrogen and oxygen atoms in total. The zero-order chi connectivity index (χ0) is 13.1. The minimum atomic E-state index is -0.505. The Bertz CT molecular complexity index is 314. The van der Waals surface area contributed by atoms with Gasteiger partial charge < -0.3 is 10.1 Å². The number of amides is 1. The molecule has 0 aliphatic heterocycles. The standard InChI is InChI=1S/C14H23NO2/c1-6-14(9-7-11(2)8-10-14)15-12(16)17-13(3,4)5/h1,11H,7-10H2,2-5H3,(H,15,16). The quantitative estimate of drug-likeness (QED) is 0.712. The van der Waals surface area contributed by atoms with Crippen molar-refractivity contribution in [1.82, 2.24) is 5.32 Å². The first-order valence-corrected chi connectivity index (χ1v) is 6.25. The lowest BCUT2D eigenvalue weighted by atomic mass is 9.78. The summed E-state index contributed by atoms with van der Waals surface area (Å²) < 4.78 is 5.25. The fourth-order valence-corrected chi connectivity index (χ4v) is 2.06. The molecule has 0 radical (unpaired) electrons. The van der Waals surface area contributed by atoms with Crippen LogP contribution in [0.5, 0.6) is 0 Å². The Morgan fingerprint density at radius 3 is 2.35 bits per heavy atom. The molecule has 0 aromatic rings. The van der Waals surface area contributed by atoms with Gasteiger partial charge in [0.05, 0.1) is 0 Å². The molecular weight excluding hydrogens is 214 g/mol. The van der Waals surface area contributed by atoms with Crippen molar-refractivity contribution >= 4 is 6.09 Å². The number of hydrogen-bond donors (Lipinski definition) is 1. The van der Waals surface area contributed by atoms with Crippen LogP contribution in [0.3, 0.4) is 0 Å². The van der Waals surface area contributed by atoms with Crippen molar-refractivity contribution in [3.05, 3.63) is 0 Å². The van der Waals surface area contributed by atoms with Gasteiger partial charge in [0.2, 0.25) is 0 Å². The summed E-state index contributed by atoms with van der Waals surface area (Å²) >= 11 is 0. The number of rotatable bonds is 1. The van der Waals surface area contributed by atoms with Gasteiger partial charge in [0, 0.05) is 0 Å². The van der Waals surface area contributed by atoms with Crippen LogP contribution in [0.1, 0.15) is 53.4 Å². The third-order valence-corrected chi connectivity index (χ3v) is 3.14. The van der Waals surface area contributed by atoms with Crippen LogP contribution in [0, 0.1) is 18.3 Å². The SMILES string of the molecule is C#CC1(NC(=O)OC(C)(C)C)CCC(C)CC1. The van der Waals surface area contributed by atoms with Crippen LogP contribution < -0.4 is 5.32 Å². The van der Waals surface area contributed by atoms with Crippen molar-refractivity contribution < 1.29 is 9.53 Å². The van der Waals surface area contributed by atoms with Gasteiger partial charge >= 0.3 is 6.09 Å². The van der Waals surface area contributed by atoms with Crippen molar-refractivity contribution in [2.24, 2.45) is 5.92 Å². The summed E-state index contributed by atoms with van der Waals surface area (Å²) in [6.07, 6.45) is 8.95. The van der Waals surface area contributed by atoms with E-state index in [0.29, 0.717) is 5.92 Å². The van der Waals surface area contributed by atoms with E-state index in [4.69, 9.17) is 11.2 Å². The molecule has 1 aliphatic rings. The molecule has 1 aliphatic carbocycles. The Labute approximate surface area is 104 Å². The van der Waals surface area contributed by atoms with E-state index in [9.17, 15) is 4.79 Å². The Morgan fingerprint density at radius 2 is 1.94 bits per heavy atom. The lowest BCUT2D eigenvalue weighted by Gasteiger charge is -2.36. The number of nitrogens with one attached hydrogen (secondary N) is 1. The molecule has 0 aromatic heterocycles. The highest BCUT2D eigenvalue weighted by Gasteiger charge is 2.35. The number of carbonyl (C=O) groups excluding carboxylic acids is 1. The molecule has 0 unspecified atom stereocenters. The van der Waals surface area contributed by atoms with Gasteiger partial charge in [0.1, 0.15) is 11.1 Å². The second-order valence-electron chi connectivity index (χ2n) is 6.04. The smallest absolute Gasteiger partial charge is 0.408 e. The van der Waals surface area contributed by atoms with Gasteiger partial charge in [0.15, 0.2) is 0 Å². The van der Waals surface area contributed by atoms with E-state index in [1.54, 1.807) is 0 Å². The monoisotopic (exact) mass is 237 g/mol. The van der Waals surface area contributed by atoms with Gasteiger partial charge in [0.25, 0.3) is 0 Å². The summed E-state index contributed by atoms with van der Waals surface area (Å²) in [5, 5.41) is 2.86.